The maximum atomic E-state index is 4.62. The van der Waals surface area contributed by atoms with E-state index in [-0.39, 0.29) is 0 Å². The number of hydrogen-bond donors (Lipinski definition) is 1. The summed E-state index contributed by atoms with van der Waals surface area (Å²) in [5.74, 6) is 0.758. The van der Waals surface area contributed by atoms with E-state index in [0.29, 0.717) is 6.04 Å². The molecule has 114 valence electrons. The number of H-pyrrole nitrogens is 1. The minimum Gasteiger partial charge on any atom is -0.345 e. The van der Waals surface area contributed by atoms with Gasteiger partial charge in [0, 0.05) is 23.3 Å². The van der Waals surface area contributed by atoms with Crippen molar-refractivity contribution >= 4 is 11.0 Å². The van der Waals surface area contributed by atoms with E-state index in [0.717, 1.165) is 34.6 Å². The van der Waals surface area contributed by atoms with Gasteiger partial charge in [0.1, 0.15) is 5.69 Å². The summed E-state index contributed by atoms with van der Waals surface area (Å²) >= 11 is 0. The molecule has 1 aliphatic carbocycles. The lowest BCUT2D eigenvalue weighted by molar-refractivity contribution is 0.301. The molecule has 1 atom stereocenters. The number of fused-ring (bicyclic) bond motifs is 1. The first-order valence-corrected chi connectivity index (χ1v) is 8.08. The summed E-state index contributed by atoms with van der Waals surface area (Å²) in [6.45, 7) is 2.25. The van der Waals surface area contributed by atoms with E-state index >= 15 is 0 Å². The standard InChI is InChI=1S/C16H20N6/c1-2-14(11-5-3-4-6-11)22-10-12(9-18-22)15-13-7-8-17-16(13)20-21-19-15/h7-11,14H,2-6H2,1H3,(H,17,19,20). The molecule has 1 N–H and O–H groups in total. The molecule has 4 rings (SSSR count). The predicted molar refractivity (Wildman–Crippen MR) is 84.2 cm³/mol. The molecule has 1 saturated carbocycles. The highest BCUT2D eigenvalue weighted by Gasteiger charge is 2.26. The van der Waals surface area contributed by atoms with Crippen LogP contribution < -0.4 is 0 Å². The maximum Gasteiger partial charge on any atom is 0.164 e. The molecule has 1 fully saturated rings. The average Bonchev–Trinajstić information content (AvgIpc) is 3.29. The molecule has 0 radical (unpaired) electrons. The van der Waals surface area contributed by atoms with Crippen molar-refractivity contribution in [1.82, 2.24) is 30.2 Å². The Morgan fingerprint density at radius 2 is 2.18 bits per heavy atom. The van der Waals surface area contributed by atoms with Gasteiger partial charge in [-0.1, -0.05) is 19.8 Å². The molecule has 0 saturated heterocycles. The SMILES string of the molecule is CCC(C1CCCC1)n1cc(-c2nnnc3[nH]ccc23)cn1. The number of aromatic amines is 1. The first-order valence-electron chi connectivity index (χ1n) is 8.08. The van der Waals surface area contributed by atoms with E-state index in [2.05, 4.69) is 43.3 Å². The third kappa shape index (κ3) is 2.19. The Hall–Kier alpha value is -2.24. The molecule has 1 unspecified atom stereocenters. The molecule has 0 spiro atoms. The van der Waals surface area contributed by atoms with E-state index in [1.165, 1.54) is 25.7 Å². The summed E-state index contributed by atoms with van der Waals surface area (Å²) in [5, 5.41) is 17.7. The summed E-state index contributed by atoms with van der Waals surface area (Å²) in [4.78, 5) is 3.07. The Morgan fingerprint density at radius 1 is 1.32 bits per heavy atom. The number of nitrogens with zero attached hydrogens (tertiary/aromatic N) is 5. The van der Waals surface area contributed by atoms with Crippen molar-refractivity contribution in [3.8, 4) is 11.3 Å². The van der Waals surface area contributed by atoms with E-state index in [1.54, 1.807) is 0 Å². The summed E-state index contributed by atoms with van der Waals surface area (Å²) in [6.07, 6.45) is 12.4. The van der Waals surface area contributed by atoms with E-state index < -0.39 is 0 Å². The van der Waals surface area contributed by atoms with Gasteiger partial charge in [0.05, 0.1) is 12.2 Å². The molecule has 0 amide bonds. The van der Waals surface area contributed by atoms with Crippen LogP contribution in [0.25, 0.3) is 22.3 Å². The number of nitrogens with one attached hydrogen (secondary N) is 1. The monoisotopic (exact) mass is 296 g/mol. The van der Waals surface area contributed by atoms with Gasteiger partial charge in [0.15, 0.2) is 5.65 Å². The molecule has 0 bridgehead atoms. The zero-order chi connectivity index (χ0) is 14.9. The summed E-state index contributed by atoms with van der Waals surface area (Å²) in [7, 11) is 0. The predicted octanol–water partition coefficient (Wildman–Crippen LogP) is 3.36. The van der Waals surface area contributed by atoms with Crippen molar-refractivity contribution in [2.75, 3.05) is 0 Å². The van der Waals surface area contributed by atoms with Gasteiger partial charge in [0.2, 0.25) is 0 Å². The third-order valence-electron chi connectivity index (χ3n) is 4.85. The zero-order valence-corrected chi connectivity index (χ0v) is 12.7. The van der Waals surface area contributed by atoms with Gasteiger partial charge in [0.25, 0.3) is 0 Å². The van der Waals surface area contributed by atoms with Gasteiger partial charge in [-0.2, -0.15) is 5.10 Å². The van der Waals surface area contributed by atoms with Crippen LogP contribution in [0.15, 0.2) is 24.7 Å². The van der Waals surface area contributed by atoms with Crippen LogP contribution in [-0.2, 0) is 0 Å². The van der Waals surface area contributed by atoms with Crippen molar-refractivity contribution in [3.05, 3.63) is 24.7 Å². The van der Waals surface area contributed by atoms with Crippen LogP contribution >= 0.6 is 0 Å². The van der Waals surface area contributed by atoms with Crippen molar-refractivity contribution in [2.24, 2.45) is 5.92 Å². The molecule has 0 aliphatic heterocycles. The molecule has 3 aromatic rings. The highest BCUT2D eigenvalue weighted by Crippen LogP contribution is 2.36. The third-order valence-corrected chi connectivity index (χ3v) is 4.85. The largest absolute Gasteiger partial charge is 0.345 e. The molecule has 22 heavy (non-hydrogen) atoms. The van der Waals surface area contributed by atoms with Crippen molar-refractivity contribution in [2.45, 2.75) is 45.1 Å². The molecule has 1 aliphatic rings. The van der Waals surface area contributed by atoms with Crippen molar-refractivity contribution in [1.29, 1.82) is 0 Å². The van der Waals surface area contributed by atoms with Crippen LogP contribution in [0.1, 0.15) is 45.1 Å². The smallest absolute Gasteiger partial charge is 0.164 e. The fourth-order valence-corrected chi connectivity index (χ4v) is 3.73. The minimum absolute atomic E-state index is 0.493. The Labute approximate surface area is 128 Å². The lowest BCUT2D eigenvalue weighted by atomic mass is 9.96. The molecule has 0 aromatic carbocycles. The second-order valence-electron chi connectivity index (χ2n) is 6.11. The molecular formula is C16H20N6. The fraction of sp³-hybridized carbons (Fsp3) is 0.500. The lowest BCUT2D eigenvalue weighted by Gasteiger charge is -2.22. The van der Waals surface area contributed by atoms with Crippen molar-refractivity contribution in [3.63, 3.8) is 0 Å². The maximum absolute atomic E-state index is 4.62. The van der Waals surface area contributed by atoms with Crippen LogP contribution in [-0.4, -0.2) is 30.2 Å². The van der Waals surface area contributed by atoms with Crippen LogP contribution in [0.5, 0.6) is 0 Å². The first kappa shape index (κ1) is 13.4. The number of rotatable bonds is 4. The number of aromatic nitrogens is 6. The van der Waals surface area contributed by atoms with Gasteiger partial charge in [-0.25, -0.2) is 0 Å². The topological polar surface area (TPSA) is 72.3 Å². The normalized spacial score (nSPS) is 17.3. The molecule has 6 nitrogen and oxygen atoms in total. The van der Waals surface area contributed by atoms with Gasteiger partial charge >= 0.3 is 0 Å². The summed E-state index contributed by atoms with van der Waals surface area (Å²) in [6, 6.07) is 2.48. The Bertz CT molecular complexity index is 768. The second-order valence-corrected chi connectivity index (χ2v) is 6.11. The van der Waals surface area contributed by atoms with Crippen molar-refractivity contribution < 1.29 is 0 Å². The summed E-state index contributed by atoms with van der Waals surface area (Å²) in [5.41, 5.74) is 2.62. The molecule has 3 aromatic heterocycles. The van der Waals surface area contributed by atoms with E-state index in [4.69, 9.17) is 0 Å². The van der Waals surface area contributed by atoms with Gasteiger partial charge in [-0.3, -0.25) is 4.68 Å². The highest BCUT2D eigenvalue weighted by atomic mass is 15.3. The zero-order valence-electron chi connectivity index (χ0n) is 12.7. The van der Waals surface area contributed by atoms with Crippen LogP contribution in [0.3, 0.4) is 0 Å². The summed E-state index contributed by atoms with van der Waals surface area (Å²) < 4.78 is 2.13. The lowest BCUT2D eigenvalue weighted by Crippen LogP contribution is -2.17. The first-order chi connectivity index (χ1) is 10.9. The quantitative estimate of drug-likeness (QED) is 0.801. The Balaban J connectivity index is 1.70. The average molecular weight is 296 g/mol. The highest BCUT2D eigenvalue weighted by molar-refractivity contribution is 5.89. The fourth-order valence-electron chi connectivity index (χ4n) is 3.73. The van der Waals surface area contributed by atoms with Gasteiger partial charge < -0.3 is 4.98 Å². The molecule has 3 heterocycles. The Kier molecular flexibility index (Phi) is 3.36. The van der Waals surface area contributed by atoms with Gasteiger partial charge in [-0.05, 0) is 36.5 Å². The number of hydrogen-bond acceptors (Lipinski definition) is 4. The molecular weight excluding hydrogens is 276 g/mol. The van der Waals surface area contributed by atoms with E-state index in [9.17, 15) is 0 Å². The van der Waals surface area contributed by atoms with Gasteiger partial charge in [-0.15, -0.1) is 10.2 Å². The second kappa shape index (κ2) is 5.51. The Morgan fingerprint density at radius 3 is 3.00 bits per heavy atom. The minimum atomic E-state index is 0.493. The van der Waals surface area contributed by atoms with Crippen LogP contribution in [0, 0.1) is 5.92 Å². The van der Waals surface area contributed by atoms with E-state index in [1.807, 2.05) is 18.5 Å². The van der Waals surface area contributed by atoms with Crippen LogP contribution in [0.2, 0.25) is 0 Å². The molecule has 6 heteroatoms. The van der Waals surface area contributed by atoms with Crippen LogP contribution in [0.4, 0.5) is 0 Å².